The van der Waals surface area contributed by atoms with E-state index in [9.17, 15) is 14.7 Å². The Labute approximate surface area is 131 Å². The minimum absolute atomic E-state index is 0.117. The quantitative estimate of drug-likeness (QED) is 0.896. The molecule has 0 aromatic heterocycles. The second-order valence-electron chi connectivity index (χ2n) is 5.84. The molecule has 1 aromatic carbocycles. The number of carbonyl (C=O) groups is 2. The lowest BCUT2D eigenvalue weighted by Crippen LogP contribution is -2.54. The molecule has 1 atom stereocenters. The molecule has 22 heavy (non-hydrogen) atoms. The van der Waals surface area contributed by atoms with E-state index < -0.39 is 12.0 Å². The Kier molecular flexibility index (Phi) is 5.55. The van der Waals surface area contributed by atoms with Gasteiger partial charge in [-0.25, -0.2) is 0 Å². The van der Waals surface area contributed by atoms with E-state index in [1.54, 1.807) is 0 Å². The predicted octanol–water partition coefficient (Wildman–Crippen LogP) is 1.54. The first kappa shape index (κ1) is 16.5. The third kappa shape index (κ3) is 4.07. The number of aliphatic carboxylic acids is 1. The average Bonchev–Trinajstić information content (AvgIpc) is 2.50. The van der Waals surface area contributed by atoms with Gasteiger partial charge in [-0.05, 0) is 18.9 Å². The van der Waals surface area contributed by atoms with Crippen LogP contribution in [-0.2, 0) is 16.0 Å². The molecule has 1 heterocycles. The molecule has 0 unspecified atom stereocenters. The Hall–Kier alpha value is -1.88. The fraction of sp³-hybridized carbons (Fsp3) is 0.529. The van der Waals surface area contributed by atoms with Crippen LogP contribution >= 0.6 is 0 Å². The Balaban J connectivity index is 1.87. The van der Waals surface area contributed by atoms with Gasteiger partial charge in [0, 0.05) is 26.2 Å². The van der Waals surface area contributed by atoms with E-state index in [-0.39, 0.29) is 5.91 Å². The van der Waals surface area contributed by atoms with Crippen LogP contribution in [0.15, 0.2) is 24.3 Å². The highest BCUT2D eigenvalue weighted by molar-refractivity contribution is 5.79. The molecule has 0 aliphatic carbocycles. The number of aryl methyl sites for hydroxylation is 1. The fourth-order valence-corrected chi connectivity index (χ4v) is 2.86. The van der Waals surface area contributed by atoms with Gasteiger partial charge < -0.3 is 10.0 Å². The molecule has 120 valence electrons. The standard InChI is InChI=1S/C17H24N2O3/c1-3-15(17(21)22)18-8-10-19(11-9-18)16(20)12-14-6-4-13(2)5-7-14/h4-7,15H,3,8-12H2,1-2H3,(H,21,22)/t15-/m1/s1. The van der Waals surface area contributed by atoms with Crippen molar-refractivity contribution in [2.24, 2.45) is 0 Å². The SMILES string of the molecule is CC[C@H](C(=O)O)N1CCN(C(=O)Cc2ccc(C)cc2)CC1. The van der Waals surface area contributed by atoms with Crippen molar-refractivity contribution in [2.45, 2.75) is 32.7 Å². The molecule has 2 rings (SSSR count). The Morgan fingerprint density at radius 3 is 2.23 bits per heavy atom. The summed E-state index contributed by atoms with van der Waals surface area (Å²) in [6.07, 6.45) is 1.00. The number of carbonyl (C=O) groups excluding carboxylic acids is 1. The van der Waals surface area contributed by atoms with Crippen LogP contribution < -0.4 is 0 Å². The van der Waals surface area contributed by atoms with Crippen LogP contribution in [-0.4, -0.2) is 59.0 Å². The van der Waals surface area contributed by atoms with E-state index in [0.717, 1.165) is 5.56 Å². The van der Waals surface area contributed by atoms with Gasteiger partial charge in [0.05, 0.1) is 6.42 Å². The summed E-state index contributed by atoms with van der Waals surface area (Å²) in [5, 5.41) is 9.20. The number of benzene rings is 1. The zero-order chi connectivity index (χ0) is 16.1. The molecule has 1 N–H and O–H groups in total. The molecule has 0 radical (unpaired) electrons. The van der Waals surface area contributed by atoms with Crippen molar-refractivity contribution < 1.29 is 14.7 Å². The van der Waals surface area contributed by atoms with Crippen molar-refractivity contribution in [3.05, 3.63) is 35.4 Å². The van der Waals surface area contributed by atoms with E-state index in [2.05, 4.69) is 0 Å². The molecule has 0 bridgehead atoms. The van der Waals surface area contributed by atoms with Gasteiger partial charge in [0.2, 0.25) is 5.91 Å². The van der Waals surface area contributed by atoms with Gasteiger partial charge in [-0.15, -0.1) is 0 Å². The fourth-order valence-electron chi connectivity index (χ4n) is 2.86. The molecule has 1 aliphatic heterocycles. The van der Waals surface area contributed by atoms with Gasteiger partial charge in [0.25, 0.3) is 0 Å². The molecular formula is C17H24N2O3. The van der Waals surface area contributed by atoms with Crippen LogP contribution in [0, 0.1) is 6.92 Å². The number of hydrogen-bond donors (Lipinski definition) is 1. The summed E-state index contributed by atoms with van der Waals surface area (Å²) in [5.74, 6) is -0.659. The highest BCUT2D eigenvalue weighted by Crippen LogP contribution is 2.12. The zero-order valence-corrected chi connectivity index (χ0v) is 13.3. The van der Waals surface area contributed by atoms with Gasteiger partial charge in [-0.2, -0.15) is 0 Å². The highest BCUT2D eigenvalue weighted by Gasteiger charge is 2.28. The van der Waals surface area contributed by atoms with Gasteiger partial charge in [0.15, 0.2) is 0 Å². The monoisotopic (exact) mass is 304 g/mol. The first-order chi connectivity index (χ1) is 10.5. The summed E-state index contributed by atoms with van der Waals surface area (Å²) in [7, 11) is 0. The van der Waals surface area contributed by atoms with Crippen molar-refractivity contribution in [1.82, 2.24) is 9.80 Å². The smallest absolute Gasteiger partial charge is 0.320 e. The number of amides is 1. The molecule has 5 heteroatoms. The van der Waals surface area contributed by atoms with Gasteiger partial charge >= 0.3 is 5.97 Å². The summed E-state index contributed by atoms with van der Waals surface area (Å²) in [6.45, 7) is 6.38. The highest BCUT2D eigenvalue weighted by atomic mass is 16.4. The van der Waals surface area contributed by atoms with E-state index in [1.807, 2.05) is 47.9 Å². The second kappa shape index (κ2) is 7.40. The maximum atomic E-state index is 12.3. The summed E-state index contributed by atoms with van der Waals surface area (Å²) in [6, 6.07) is 7.56. The number of carboxylic acid groups (broad SMARTS) is 1. The number of nitrogens with zero attached hydrogens (tertiary/aromatic N) is 2. The zero-order valence-electron chi connectivity index (χ0n) is 13.3. The van der Waals surface area contributed by atoms with Crippen LogP contribution in [0.25, 0.3) is 0 Å². The third-order valence-corrected chi connectivity index (χ3v) is 4.26. The van der Waals surface area contributed by atoms with Crippen molar-refractivity contribution in [3.63, 3.8) is 0 Å². The lowest BCUT2D eigenvalue weighted by atomic mass is 10.1. The number of piperazine rings is 1. The molecule has 1 fully saturated rings. The molecular weight excluding hydrogens is 280 g/mol. The molecule has 5 nitrogen and oxygen atoms in total. The van der Waals surface area contributed by atoms with E-state index >= 15 is 0 Å². The Morgan fingerprint density at radius 2 is 1.73 bits per heavy atom. The number of carboxylic acids is 1. The van der Waals surface area contributed by atoms with Crippen LogP contribution in [0.5, 0.6) is 0 Å². The molecule has 1 aliphatic rings. The lowest BCUT2D eigenvalue weighted by molar-refractivity contribution is -0.144. The normalized spacial score (nSPS) is 17.3. The largest absolute Gasteiger partial charge is 0.480 e. The summed E-state index contributed by atoms with van der Waals surface area (Å²) < 4.78 is 0. The molecule has 0 saturated carbocycles. The van der Waals surface area contributed by atoms with Crippen molar-refractivity contribution in [2.75, 3.05) is 26.2 Å². The Morgan fingerprint density at radius 1 is 1.14 bits per heavy atom. The lowest BCUT2D eigenvalue weighted by Gasteiger charge is -2.37. The van der Waals surface area contributed by atoms with E-state index in [4.69, 9.17) is 0 Å². The summed E-state index contributed by atoms with van der Waals surface area (Å²) in [4.78, 5) is 27.3. The minimum Gasteiger partial charge on any atom is -0.480 e. The minimum atomic E-state index is -0.776. The number of rotatable bonds is 5. The average molecular weight is 304 g/mol. The topological polar surface area (TPSA) is 60.9 Å². The summed E-state index contributed by atoms with van der Waals surface area (Å²) >= 11 is 0. The van der Waals surface area contributed by atoms with Gasteiger partial charge in [-0.1, -0.05) is 36.8 Å². The van der Waals surface area contributed by atoms with Crippen LogP contribution in [0.1, 0.15) is 24.5 Å². The maximum absolute atomic E-state index is 12.3. The summed E-state index contributed by atoms with van der Waals surface area (Å²) in [5.41, 5.74) is 2.21. The second-order valence-corrected chi connectivity index (χ2v) is 5.84. The van der Waals surface area contributed by atoms with E-state index in [0.29, 0.717) is 39.0 Å². The van der Waals surface area contributed by atoms with Crippen molar-refractivity contribution >= 4 is 11.9 Å². The van der Waals surface area contributed by atoms with Crippen molar-refractivity contribution in [3.8, 4) is 0 Å². The molecule has 0 spiro atoms. The maximum Gasteiger partial charge on any atom is 0.320 e. The van der Waals surface area contributed by atoms with E-state index in [1.165, 1.54) is 5.56 Å². The molecule has 1 saturated heterocycles. The van der Waals surface area contributed by atoms with Crippen molar-refractivity contribution in [1.29, 1.82) is 0 Å². The van der Waals surface area contributed by atoms with Crippen LogP contribution in [0.3, 0.4) is 0 Å². The first-order valence-corrected chi connectivity index (χ1v) is 7.81. The molecule has 1 amide bonds. The Bertz CT molecular complexity index is 519. The third-order valence-electron chi connectivity index (χ3n) is 4.26. The van der Waals surface area contributed by atoms with Gasteiger partial charge in [0.1, 0.15) is 6.04 Å². The van der Waals surface area contributed by atoms with Crippen LogP contribution in [0.2, 0.25) is 0 Å². The van der Waals surface area contributed by atoms with Gasteiger partial charge in [-0.3, -0.25) is 14.5 Å². The first-order valence-electron chi connectivity index (χ1n) is 7.81. The predicted molar refractivity (Wildman–Crippen MR) is 84.8 cm³/mol. The van der Waals surface area contributed by atoms with Crippen LogP contribution in [0.4, 0.5) is 0 Å². The number of hydrogen-bond acceptors (Lipinski definition) is 3. The molecule has 1 aromatic rings.